The standard InChI is InChI=1S/C8H10N4/c1-7-5-10-8(11-6-7)12(2)4-3-9/h5-6H,4H2,1-2H3. The van der Waals surface area contributed by atoms with Gasteiger partial charge in [0.25, 0.3) is 0 Å². The monoisotopic (exact) mass is 162 g/mol. The van der Waals surface area contributed by atoms with Crippen LogP contribution in [0.1, 0.15) is 5.56 Å². The third-order valence-electron chi connectivity index (χ3n) is 1.42. The molecule has 0 aromatic carbocycles. The van der Waals surface area contributed by atoms with Crippen molar-refractivity contribution in [1.82, 2.24) is 9.97 Å². The highest BCUT2D eigenvalue weighted by atomic mass is 15.2. The lowest BCUT2D eigenvalue weighted by molar-refractivity contribution is 0.940. The highest BCUT2D eigenvalue weighted by molar-refractivity contribution is 5.29. The van der Waals surface area contributed by atoms with E-state index < -0.39 is 0 Å². The van der Waals surface area contributed by atoms with Gasteiger partial charge in [0, 0.05) is 19.4 Å². The van der Waals surface area contributed by atoms with Crippen LogP contribution in [0.5, 0.6) is 0 Å². The Morgan fingerprint density at radius 1 is 1.50 bits per heavy atom. The van der Waals surface area contributed by atoms with Crippen LogP contribution in [0, 0.1) is 18.3 Å². The number of nitrogens with zero attached hydrogens (tertiary/aromatic N) is 4. The zero-order valence-electron chi connectivity index (χ0n) is 7.15. The molecule has 1 heterocycles. The average molecular weight is 162 g/mol. The zero-order valence-corrected chi connectivity index (χ0v) is 7.15. The minimum atomic E-state index is 0.309. The molecule has 0 unspecified atom stereocenters. The smallest absolute Gasteiger partial charge is 0.225 e. The van der Waals surface area contributed by atoms with E-state index >= 15 is 0 Å². The predicted octanol–water partition coefficient (Wildman–Crippen LogP) is 0.745. The van der Waals surface area contributed by atoms with Crippen molar-refractivity contribution < 1.29 is 0 Å². The molecule has 12 heavy (non-hydrogen) atoms. The molecule has 1 rings (SSSR count). The molecule has 62 valence electrons. The van der Waals surface area contributed by atoms with Gasteiger partial charge in [0.1, 0.15) is 6.54 Å². The number of aryl methyl sites for hydroxylation is 1. The van der Waals surface area contributed by atoms with Crippen molar-refractivity contribution >= 4 is 5.95 Å². The molecule has 0 atom stereocenters. The molecule has 0 aliphatic rings. The normalized spacial score (nSPS) is 9.08. The average Bonchev–Trinajstić information content (AvgIpc) is 2.06. The molecular formula is C8H10N4. The molecule has 0 saturated carbocycles. The molecule has 0 fully saturated rings. The van der Waals surface area contributed by atoms with Gasteiger partial charge in [-0.25, -0.2) is 9.97 Å². The quantitative estimate of drug-likeness (QED) is 0.602. The summed E-state index contributed by atoms with van der Waals surface area (Å²) in [5.74, 6) is 0.585. The maximum absolute atomic E-state index is 8.41. The Balaban J connectivity index is 2.76. The van der Waals surface area contributed by atoms with Gasteiger partial charge in [0.05, 0.1) is 6.07 Å². The number of aromatic nitrogens is 2. The number of rotatable bonds is 2. The van der Waals surface area contributed by atoms with Gasteiger partial charge in [-0.2, -0.15) is 5.26 Å². The van der Waals surface area contributed by atoms with Crippen molar-refractivity contribution in [3.8, 4) is 6.07 Å². The van der Waals surface area contributed by atoms with Crippen molar-refractivity contribution in [2.45, 2.75) is 6.92 Å². The van der Waals surface area contributed by atoms with Gasteiger partial charge >= 0.3 is 0 Å². The SMILES string of the molecule is Cc1cnc(N(C)CC#N)nc1. The molecule has 0 saturated heterocycles. The van der Waals surface area contributed by atoms with Crippen LogP contribution in [0.2, 0.25) is 0 Å². The maximum atomic E-state index is 8.41. The van der Waals surface area contributed by atoms with Gasteiger partial charge in [-0.3, -0.25) is 0 Å². The van der Waals surface area contributed by atoms with Gasteiger partial charge in [0.15, 0.2) is 0 Å². The maximum Gasteiger partial charge on any atom is 0.225 e. The Morgan fingerprint density at radius 3 is 2.58 bits per heavy atom. The zero-order chi connectivity index (χ0) is 8.97. The van der Waals surface area contributed by atoms with Crippen molar-refractivity contribution in [3.63, 3.8) is 0 Å². The van der Waals surface area contributed by atoms with Crippen LogP contribution >= 0.6 is 0 Å². The summed E-state index contributed by atoms with van der Waals surface area (Å²) in [5, 5.41) is 8.41. The Morgan fingerprint density at radius 2 is 2.08 bits per heavy atom. The van der Waals surface area contributed by atoms with E-state index in [1.54, 1.807) is 24.3 Å². The molecule has 1 aromatic heterocycles. The van der Waals surface area contributed by atoms with E-state index in [-0.39, 0.29) is 0 Å². The fourth-order valence-corrected chi connectivity index (χ4v) is 0.760. The summed E-state index contributed by atoms with van der Waals surface area (Å²) in [6.45, 7) is 2.23. The Bertz CT molecular complexity index is 285. The highest BCUT2D eigenvalue weighted by Gasteiger charge is 2.00. The molecule has 0 amide bonds. The lowest BCUT2D eigenvalue weighted by atomic mass is 10.4. The number of anilines is 1. The summed E-state index contributed by atoms with van der Waals surface area (Å²) < 4.78 is 0. The first-order valence-electron chi connectivity index (χ1n) is 3.61. The number of hydrogen-bond acceptors (Lipinski definition) is 4. The van der Waals surface area contributed by atoms with E-state index in [1.165, 1.54) is 0 Å². The number of nitriles is 1. The van der Waals surface area contributed by atoms with Crippen molar-refractivity contribution in [2.75, 3.05) is 18.5 Å². The Hall–Kier alpha value is -1.63. The van der Waals surface area contributed by atoms with Gasteiger partial charge in [0.2, 0.25) is 5.95 Å². The number of hydrogen-bond donors (Lipinski definition) is 0. The van der Waals surface area contributed by atoms with Crippen molar-refractivity contribution in [2.24, 2.45) is 0 Å². The molecule has 0 radical (unpaired) electrons. The first kappa shape index (κ1) is 8.47. The first-order chi connectivity index (χ1) is 5.74. The fourth-order valence-electron chi connectivity index (χ4n) is 0.760. The van der Waals surface area contributed by atoms with Crippen LogP contribution in [-0.4, -0.2) is 23.6 Å². The largest absolute Gasteiger partial charge is 0.331 e. The van der Waals surface area contributed by atoms with Crippen molar-refractivity contribution in [3.05, 3.63) is 18.0 Å². The summed E-state index contributed by atoms with van der Waals surface area (Å²) in [6.07, 6.45) is 3.46. The van der Waals surface area contributed by atoms with Gasteiger partial charge in [-0.05, 0) is 12.5 Å². The molecular weight excluding hydrogens is 152 g/mol. The van der Waals surface area contributed by atoms with Crippen LogP contribution in [0.4, 0.5) is 5.95 Å². The molecule has 4 nitrogen and oxygen atoms in total. The lowest BCUT2D eigenvalue weighted by Gasteiger charge is -2.11. The van der Waals surface area contributed by atoms with Crippen LogP contribution in [0.25, 0.3) is 0 Å². The van der Waals surface area contributed by atoms with Crippen LogP contribution in [0.3, 0.4) is 0 Å². The van der Waals surface area contributed by atoms with Crippen LogP contribution in [-0.2, 0) is 0 Å². The third kappa shape index (κ3) is 1.92. The summed E-state index contributed by atoms with van der Waals surface area (Å²) in [7, 11) is 1.79. The molecule has 4 heteroatoms. The second kappa shape index (κ2) is 3.67. The highest BCUT2D eigenvalue weighted by Crippen LogP contribution is 2.02. The van der Waals surface area contributed by atoms with Crippen LogP contribution in [0.15, 0.2) is 12.4 Å². The summed E-state index contributed by atoms with van der Waals surface area (Å²) in [4.78, 5) is 9.81. The topological polar surface area (TPSA) is 52.8 Å². The summed E-state index contributed by atoms with van der Waals surface area (Å²) >= 11 is 0. The Kier molecular flexibility index (Phi) is 2.59. The van der Waals surface area contributed by atoms with E-state index in [2.05, 4.69) is 9.97 Å². The van der Waals surface area contributed by atoms with Gasteiger partial charge in [-0.1, -0.05) is 0 Å². The second-order valence-electron chi connectivity index (χ2n) is 2.57. The van der Waals surface area contributed by atoms with E-state index in [4.69, 9.17) is 5.26 Å². The molecule has 0 bridgehead atoms. The van der Waals surface area contributed by atoms with Crippen LogP contribution < -0.4 is 4.90 Å². The van der Waals surface area contributed by atoms with E-state index in [0.717, 1.165) is 5.56 Å². The summed E-state index contributed by atoms with van der Waals surface area (Å²) in [6, 6.07) is 2.03. The second-order valence-corrected chi connectivity index (χ2v) is 2.57. The Labute approximate surface area is 71.5 Å². The minimum absolute atomic E-state index is 0.309. The molecule has 1 aromatic rings. The fraction of sp³-hybridized carbons (Fsp3) is 0.375. The first-order valence-corrected chi connectivity index (χ1v) is 3.61. The van der Waals surface area contributed by atoms with E-state index in [0.29, 0.717) is 12.5 Å². The van der Waals surface area contributed by atoms with Gasteiger partial charge < -0.3 is 4.90 Å². The predicted molar refractivity (Wildman–Crippen MR) is 45.7 cm³/mol. The summed E-state index contributed by atoms with van der Waals surface area (Å²) in [5.41, 5.74) is 1.02. The molecule has 0 spiro atoms. The molecule has 0 aliphatic heterocycles. The molecule has 0 aliphatic carbocycles. The van der Waals surface area contributed by atoms with Gasteiger partial charge in [-0.15, -0.1) is 0 Å². The minimum Gasteiger partial charge on any atom is -0.331 e. The molecule has 0 N–H and O–H groups in total. The van der Waals surface area contributed by atoms with E-state index in [9.17, 15) is 0 Å². The lowest BCUT2D eigenvalue weighted by Crippen LogP contribution is -2.19. The van der Waals surface area contributed by atoms with E-state index in [1.807, 2.05) is 13.0 Å². The van der Waals surface area contributed by atoms with Crippen molar-refractivity contribution in [1.29, 1.82) is 5.26 Å². The third-order valence-corrected chi connectivity index (χ3v) is 1.42.